The number of hydrogen-bond acceptors (Lipinski definition) is 3. The van der Waals surface area contributed by atoms with Crippen molar-refractivity contribution in [1.82, 2.24) is 4.90 Å². The molecule has 0 spiro atoms. The van der Waals surface area contributed by atoms with E-state index in [1.54, 1.807) is 0 Å². The molecule has 1 heterocycles. The minimum absolute atomic E-state index is 0.375. The fourth-order valence-electron chi connectivity index (χ4n) is 4.59. The summed E-state index contributed by atoms with van der Waals surface area (Å²) in [5.41, 5.74) is 7.05. The summed E-state index contributed by atoms with van der Waals surface area (Å²) in [4.78, 5) is 13.7. The maximum atomic E-state index is 11.6. The summed E-state index contributed by atoms with van der Waals surface area (Å²) >= 11 is 0. The van der Waals surface area contributed by atoms with Crippen LogP contribution in [0.25, 0.3) is 11.1 Å². The highest BCUT2D eigenvalue weighted by atomic mass is 16.5. The maximum absolute atomic E-state index is 11.6. The molecule has 4 nitrogen and oxygen atoms in total. The predicted molar refractivity (Wildman–Crippen MR) is 128 cm³/mol. The molecule has 0 amide bonds. The van der Waals surface area contributed by atoms with Crippen molar-refractivity contribution in [1.29, 1.82) is 0 Å². The summed E-state index contributed by atoms with van der Waals surface area (Å²) in [7, 11) is 0. The number of ether oxygens (including phenoxy) is 1. The number of carboxylic acid groups (broad SMARTS) is 1. The number of carbonyl (C=O) groups is 1. The number of benzene rings is 3. The van der Waals surface area contributed by atoms with Crippen molar-refractivity contribution < 1.29 is 14.6 Å². The van der Waals surface area contributed by atoms with Gasteiger partial charge in [0.05, 0.1) is 0 Å². The van der Waals surface area contributed by atoms with E-state index < -0.39 is 5.97 Å². The van der Waals surface area contributed by atoms with E-state index in [1.807, 2.05) is 12.1 Å². The van der Waals surface area contributed by atoms with E-state index >= 15 is 0 Å². The average molecular weight is 430 g/mol. The van der Waals surface area contributed by atoms with Gasteiger partial charge in [0.15, 0.2) is 0 Å². The molecule has 0 unspecified atom stereocenters. The number of aryl methyl sites for hydroxylation is 1. The van der Waals surface area contributed by atoms with Gasteiger partial charge in [0.25, 0.3) is 0 Å². The van der Waals surface area contributed by atoms with Crippen LogP contribution in [0.3, 0.4) is 0 Å². The highest BCUT2D eigenvalue weighted by Gasteiger charge is 2.28. The van der Waals surface area contributed by atoms with Gasteiger partial charge in [-0.2, -0.15) is 0 Å². The Balaban J connectivity index is 1.44. The lowest BCUT2D eigenvalue weighted by molar-refractivity contribution is -0.144. The number of carboxylic acids is 1. The Labute approximate surface area is 190 Å². The number of aliphatic carboxylic acids is 1. The molecule has 1 fully saturated rings. The second-order valence-electron chi connectivity index (χ2n) is 8.66. The molecule has 1 saturated heterocycles. The SMILES string of the molecule is Cc1cc(CN2CCCC[C@@H]2C(=O)O)ccc1OCc1cccc(-c2ccccc2)c1C. The van der Waals surface area contributed by atoms with E-state index in [4.69, 9.17) is 4.74 Å². The minimum atomic E-state index is -0.713. The zero-order valence-electron chi connectivity index (χ0n) is 18.9. The van der Waals surface area contributed by atoms with E-state index in [-0.39, 0.29) is 6.04 Å². The Kier molecular flexibility index (Phi) is 6.91. The van der Waals surface area contributed by atoms with E-state index in [0.717, 1.165) is 42.7 Å². The Bertz CT molecular complexity index is 1080. The second-order valence-corrected chi connectivity index (χ2v) is 8.66. The number of piperidine rings is 1. The van der Waals surface area contributed by atoms with Crippen LogP contribution >= 0.6 is 0 Å². The van der Waals surface area contributed by atoms with Crippen LogP contribution in [0.1, 0.15) is 41.5 Å². The molecule has 0 saturated carbocycles. The largest absolute Gasteiger partial charge is 0.489 e. The van der Waals surface area contributed by atoms with Crippen LogP contribution in [0, 0.1) is 13.8 Å². The van der Waals surface area contributed by atoms with Crippen LogP contribution < -0.4 is 4.74 Å². The first-order chi connectivity index (χ1) is 15.5. The Hall–Kier alpha value is -3.11. The van der Waals surface area contributed by atoms with Gasteiger partial charge < -0.3 is 9.84 Å². The molecule has 1 atom stereocenters. The smallest absolute Gasteiger partial charge is 0.320 e. The molecular formula is C28H31NO3. The van der Waals surface area contributed by atoms with Crippen molar-refractivity contribution in [2.75, 3.05) is 6.54 Å². The number of rotatable bonds is 7. The van der Waals surface area contributed by atoms with Gasteiger partial charge in [-0.25, -0.2) is 0 Å². The van der Waals surface area contributed by atoms with Crippen molar-refractivity contribution >= 4 is 5.97 Å². The van der Waals surface area contributed by atoms with Crippen molar-refractivity contribution in [2.45, 2.75) is 52.3 Å². The standard InChI is InChI=1S/C28H31NO3/c1-20-17-22(18-29-16-7-6-13-26(29)28(30)31)14-15-27(20)32-19-24-11-8-12-25(21(24)2)23-9-4-3-5-10-23/h3-5,8-12,14-15,17,26H,6-7,13,16,18-19H2,1-2H3,(H,30,31)/t26-/m1/s1. The van der Waals surface area contributed by atoms with Crippen LogP contribution in [-0.2, 0) is 17.9 Å². The lowest BCUT2D eigenvalue weighted by atomic mass is 9.97. The molecule has 166 valence electrons. The van der Waals surface area contributed by atoms with Crippen LogP contribution in [0.4, 0.5) is 0 Å². The van der Waals surface area contributed by atoms with E-state index in [9.17, 15) is 9.90 Å². The third-order valence-corrected chi connectivity index (χ3v) is 6.44. The van der Waals surface area contributed by atoms with Gasteiger partial charge in [-0.05, 0) is 72.7 Å². The average Bonchev–Trinajstić information content (AvgIpc) is 2.80. The van der Waals surface area contributed by atoms with Crippen LogP contribution in [-0.4, -0.2) is 28.6 Å². The fraction of sp³-hybridized carbons (Fsp3) is 0.321. The minimum Gasteiger partial charge on any atom is -0.489 e. The van der Waals surface area contributed by atoms with Gasteiger partial charge in [-0.3, -0.25) is 9.69 Å². The van der Waals surface area contributed by atoms with E-state index in [0.29, 0.717) is 13.2 Å². The molecule has 1 aliphatic rings. The summed E-state index contributed by atoms with van der Waals surface area (Å²) < 4.78 is 6.19. The molecule has 3 aromatic rings. The number of nitrogens with zero attached hydrogens (tertiary/aromatic N) is 1. The monoisotopic (exact) mass is 429 g/mol. The number of likely N-dealkylation sites (tertiary alicyclic amines) is 1. The van der Waals surface area contributed by atoms with Gasteiger partial charge in [-0.1, -0.05) is 67.1 Å². The van der Waals surface area contributed by atoms with Crippen LogP contribution in [0.15, 0.2) is 66.7 Å². The van der Waals surface area contributed by atoms with Gasteiger partial charge >= 0.3 is 5.97 Å². The second kappa shape index (κ2) is 10.0. The molecule has 0 aromatic heterocycles. The molecule has 4 rings (SSSR count). The first-order valence-corrected chi connectivity index (χ1v) is 11.4. The highest BCUT2D eigenvalue weighted by Crippen LogP contribution is 2.28. The summed E-state index contributed by atoms with van der Waals surface area (Å²) in [6, 6.07) is 22.6. The third kappa shape index (κ3) is 5.03. The lowest BCUT2D eigenvalue weighted by Crippen LogP contribution is -2.43. The molecule has 4 heteroatoms. The van der Waals surface area contributed by atoms with Crippen molar-refractivity contribution in [3.8, 4) is 16.9 Å². The maximum Gasteiger partial charge on any atom is 0.320 e. The molecule has 1 aliphatic heterocycles. The molecule has 3 aromatic carbocycles. The van der Waals surface area contributed by atoms with Crippen LogP contribution in [0.2, 0.25) is 0 Å². The Morgan fingerprint density at radius 1 is 1.03 bits per heavy atom. The molecule has 0 radical (unpaired) electrons. The zero-order valence-corrected chi connectivity index (χ0v) is 18.9. The summed E-state index contributed by atoms with van der Waals surface area (Å²) in [6.45, 7) is 6.22. The molecule has 0 bridgehead atoms. The predicted octanol–water partition coefficient (Wildman–Crippen LogP) is 5.99. The molecular weight excluding hydrogens is 398 g/mol. The number of hydrogen-bond donors (Lipinski definition) is 1. The van der Waals surface area contributed by atoms with Gasteiger partial charge in [-0.15, -0.1) is 0 Å². The quantitative estimate of drug-likeness (QED) is 0.501. The zero-order chi connectivity index (χ0) is 22.5. The van der Waals surface area contributed by atoms with Crippen molar-refractivity contribution in [3.63, 3.8) is 0 Å². The lowest BCUT2D eigenvalue weighted by Gasteiger charge is -2.33. The third-order valence-electron chi connectivity index (χ3n) is 6.44. The summed E-state index contributed by atoms with van der Waals surface area (Å²) in [6.07, 6.45) is 2.78. The van der Waals surface area contributed by atoms with Crippen molar-refractivity contribution in [3.05, 3.63) is 89.0 Å². The Morgan fingerprint density at radius 3 is 2.59 bits per heavy atom. The van der Waals surface area contributed by atoms with Crippen LogP contribution in [0.5, 0.6) is 5.75 Å². The normalized spacial score (nSPS) is 16.6. The van der Waals surface area contributed by atoms with Crippen molar-refractivity contribution in [2.24, 2.45) is 0 Å². The first-order valence-electron chi connectivity index (χ1n) is 11.4. The highest BCUT2D eigenvalue weighted by molar-refractivity contribution is 5.73. The first kappa shape index (κ1) is 22.1. The molecule has 1 N–H and O–H groups in total. The Morgan fingerprint density at radius 2 is 1.84 bits per heavy atom. The van der Waals surface area contributed by atoms with E-state index in [1.165, 1.54) is 22.3 Å². The fourth-order valence-corrected chi connectivity index (χ4v) is 4.59. The summed E-state index contributed by atoms with van der Waals surface area (Å²) in [5.74, 6) is 0.154. The molecule has 32 heavy (non-hydrogen) atoms. The van der Waals surface area contributed by atoms with E-state index in [2.05, 4.69) is 73.3 Å². The van der Waals surface area contributed by atoms with Gasteiger partial charge in [0.2, 0.25) is 0 Å². The van der Waals surface area contributed by atoms with Gasteiger partial charge in [0.1, 0.15) is 18.4 Å². The summed E-state index contributed by atoms with van der Waals surface area (Å²) in [5, 5.41) is 9.52. The topological polar surface area (TPSA) is 49.8 Å². The van der Waals surface area contributed by atoms with Gasteiger partial charge in [0, 0.05) is 6.54 Å². The molecule has 0 aliphatic carbocycles.